The van der Waals surface area contributed by atoms with E-state index < -0.39 is 23.5 Å². The highest BCUT2D eigenvalue weighted by Crippen LogP contribution is 2.32. The van der Waals surface area contributed by atoms with E-state index in [0.29, 0.717) is 30.4 Å². The molecule has 2 rings (SSSR count). The molecule has 0 spiro atoms. The van der Waals surface area contributed by atoms with Crippen molar-refractivity contribution < 1.29 is 19.1 Å². The summed E-state index contributed by atoms with van der Waals surface area (Å²) in [6.45, 7) is 8.23. The largest absolute Gasteiger partial charge is 0.486 e. The summed E-state index contributed by atoms with van der Waals surface area (Å²) in [5.74, 6) is 0.907. The third-order valence-electron chi connectivity index (χ3n) is 3.04. The summed E-state index contributed by atoms with van der Waals surface area (Å²) in [6.07, 6.45) is 0. The van der Waals surface area contributed by atoms with E-state index in [-0.39, 0.29) is 0 Å². The molecule has 1 aliphatic heterocycles. The first kappa shape index (κ1) is 16.9. The van der Waals surface area contributed by atoms with Gasteiger partial charge in [-0.2, -0.15) is 0 Å². The van der Waals surface area contributed by atoms with Gasteiger partial charge in [0.1, 0.15) is 19.3 Å². The highest BCUT2D eigenvalue weighted by atomic mass is 16.6. The highest BCUT2D eigenvalue weighted by molar-refractivity contribution is 5.98. The molecule has 0 saturated heterocycles. The van der Waals surface area contributed by atoms with Gasteiger partial charge in [-0.25, -0.2) is 4.79 Å². The van der Waals surface area contributed by atoms with Crippen molar-refractivity contribution in [2.24, 2.45) is 0 Å². The van der Waals surface area contributed by atoms with Crippen LogP contribution < -0.4 is 25.4 Å². The number of hydrogen-bond donors (Lipinski definition) is 3. The zero-order chi connectivity index (χ0) is 17.0. The van der Waals surface area contributed by atoms with Crippen LogP contribution in [0.3, 0.4) is 0 Å². The molecule has 7 nitrogen and oxygen atoms in total. The molecule has 0 unspecified atom stereocenters. The van der Waals surface area contributed by atoms with E-state index in [2.05, 4.69) is 16.0 Å². The Hall–Kier alpha value is -2.44. The normalized spacial score (nSPS) is 14.6. The van der Waals surface area contributed by atoms with Crippen LogP contribution in [0.1, 0.15) is 27.7 Å². The molecule has 23 heavy (non-hydrogen) atoms. The molecular weight excluding hydrogens is 298 g/mol. The van der Waals surface area contributed by atoms with Gasteiger partial charge in [0.15, 0.2) is 11.5 Å². The Morgan fingerprint density at radius 2 is 1.78 bits per heavy atom. The molecule has 7 heteroatoms. The monoisotopic (exact) mass is 321 g/mol. The first-order valence-electron chi connectivity index (χ1n) is 7.54. The predicted octanol–water partition coefficient (Wildman–Crippen LogP) is 1.88. The average Bonchev–Trinajstić information content (AvgIpc) is 2.45. The Morgan fingerprint density at radius 3 is 2.43 bits per heavy atom. The fourth-order valence-corrected chi connectivity index (χ4v) is 2.04. The third-order valence-corrected chi connectivity index (χ3v) is 3.04. The van der Waals surface area contributed by atoms with Crippen molar-refractivity contribution in [3.63, 3.8) is 0 Å². The van der Waals surface area contributed by atoms with Crippen molar-refractivity contribution in [3.05, 3.63) is 18.2 Å². The summed E-state index contributed by atoms with van der Waals surface area (Å²) in [6, 6.07) is 4.26. The maximum Gasteiger partial charge on any atom is 0.321 e. The molecule has 1 heterocycles. The van der Waals surface area contributed by atoms with Crippen LogP contribution >= 0.6 is 0 Å². The van der Waals surface area contributed by atoms with Gasteiger partial charge >= 0.3 is 6.03 Å². The molecule has 3 N–H and O–H groups in total. The molecule has 126 valence electrons. The van der Waals surface area contributed by atoms with E-state index in [1.165, 1.54) is 0 Å². The fraction of sp³-hybridized carbons (Fsp3) is 0.500. The predicted molar refractivity (Wildman–Crippen MR) is 86.9 cm³/mol. The molecule has 1 aliphatic rings. The van der Waals surface area contributed by atoms with Crippen molar-refractivity contribution in [2.75, 3.05) is 18.5 Å². The fourth-order valence-electron chi connectivity index (χ4n) is 2.04. The average molecular weight is 321 g/mol. The number of benzene rings is 1. The SMILES string of the molecule is C[C@@H](Nc1ccc2c(c1)OCCO2)C(=O)NC(=O)NC(C)(C)C. The van der Waals surface area contributed by atoms with E-state index in [4.69, 9.17) is 9.47 Å². The van der Waals surface area contributed by atoms with E-state index in [1.807, 2.05) is 20.8 Å². The van der Waals surface area contributed by atoms with Crippen LogP contribution in [0.25, 0.3) is 0 Å². The minimum Gasteiger partial charge on any atom is -0.486 e. The number of anilines is 1. The quantitative estimate of drug-likeness (QED) is 0.791. The van der Waals surface area contributed by atoms with Crippen LogP contribution in [-0.2, 0) is 4.79 Å². The summed E-state index contributed by atoms with van der Waals surface area (Å²) in [5, 5.41) is 8.02. The molecule has 1 aromatic rings. The molecule has 1 aromatic carbocycles. The van der Waals surface area contributed by atoms with Gasteiger partial charge in [-0.3, -0.25) is 10.1 Å². The van der Waals surface area contributed by atoms with Gasteiger partial charge in [0, 0.05) is 17.3 Å². The smallest absolute Gasteiger partial charge is 0.321 e. The van der Waals surface area contributed by atoms with E-state index in [9.17, 15) is 9.59 Å². The van der Waals surface area contributed by atoms with Crippen LogP contribution in [0.2, 0.25) is 0 Å². The second-order valence-electron chi connectivity index (χ2n) is 6.42. The van der Waals surface area contributed by atoms with E-state index >= 15 is 0 Å². The summed E-state index contributed by atoms with van der Waals surface area (Å²) >= 11 is 0. The van der Waals surface area contributed by atoms with Crippen molar-refractivity contribution in [1.29, 1.82) is 0 Å². The van der Waals surface area contributed by atoms with Gasteiger partial charge < -0.3 is 20.1 Å². The number of ether oxygens (including phenoxy) is 2. The van der Waals surface area contributed by atoms with Gasteiger partial charge in [-0.15, -0.1) is 0 Å². The first-order valence-corrected chi connectivity index (χ1v) is 7.54. The maximum absolute atomic E-state index is 12.0. The Balaban J connectivity index is 1.92. The Kier molecular flexibility index (Phi) is 4.98. The van der Waals surface area contributed by atoms with E-state index in [0.717, 1.165) is 0 Å². The third kappa shape index (κ3) is 5.05. The van der Waals surface area contributed by atoms with Gasteiger partial charge in [-0.05, 0) is 39.8 Å². The van der Waals surface area contributed by atoms with Crippen LogP contribution in [0.15, 0.2) is 18.2 Å². The number of hydrogen-bond acceptors (Lipinski definition) is 5. The van der Waals surface area contributed by atoms with E-state index in [1.54, 1.807) is 25.1 Å². The molecule has 0 bridgehead atoms. The maximum atomic E-state index is 12.0. The zero-order valence-corrected chi connectivity index (χ0v) is 13.9. The van der Waals surface area contributed by atoms with Crippen LogP contribution in [0.4, 0.5) is 10.5 Å². The molecule has 0 fully saturated rings. The van der Waals surface area contributed by atoms with Gasteiger partial charge in [-0.1, -0.05) is 0 Å². The second kappa shape index (κ2) is 6.76. The molecule has 3 amide bonds. The molecule has 0 saturated carbocycles. The number of urea groups is 1. The van der Waals surface area contributed by atoms with Crippen LogP contribution in [-0.4, -0.2) is 36.7 Å². The highest BCUT2D eigenvalue weighted by Gasteiger charge is 2.20. The summed E-state index contributed by atoms with van der Waals surface area (Å²) in [7, 11) is 0. The lowest BCUT2D eigenvalue weighted by Gasteiger charge is -2.22. The molecule has 0 radical (unpaired) electrons. The number of nitrogens with one attached hydrogen (secondary N) is 3. The lowest BCUT2D eigenvalue weighted by molar-refractivity contribution is -0.120. The number of carbonyl (C=O) groups excluding carboxylic acids is 2. The minimum absolute atomic E-state index is 0.406. The Morgan fingerprint density at radius 1 is 1.13 bits per heavy atom. The Bertz CT molecular complexity index is 595. The van der Waals surface area contributed by atoms with Gasteiger partial charge in [0.05, 0.1) is 0 Å². The zero-order valence-electron chi connectivity index (χ0n) is 13.9. The summed E-state index contributed by atoms with van der Waals surface area (Å²) in [4.78, 5) is 23.8. The minimum atomic E-state index is -0.580. The number of rotatable bonds is 3. The second-order valence-corrected chi connectivity index (χ2v) is 6.42. The number of fused-ring (bicyclic) bond motifs is 1. The van der Waals surface area contributed by atoms with Crippen molar-refractivity contribution >= 4 is 17.6 Å². The molecule has 0 aromatic heterocycles. The number of imide groups is 1. The standard InChI is InChI=1S/C16H23N3O4/c1-10(14(20)18-15(21)19-16(2,3)4)17-11-5-6-12-13(9-11)23-8-7-22-12/h5-6,9-10,17H,7-8H2,1-4H3,(H2,18,19,20,21)/t10-/m1/s1. The van der Waals surface area contributed by atoms with Gasteiger partial charge in [0.2, 0.25) is 5.91 Å². The first-order chi connectivity index (χ1) is 10.7. The van der Waals surface area contributed by atoms with Crippen molar-refractivity contribution in [1.82, 2.24) is 10.6 Å². The van der Waals surface area contributed by atoms with Crippen LogP contribution in [0.5, 0.6) is 11.5 Å². The summed E-state index contributed by atoms with van der Waals surface area (Å²) in [5.41, 5.74) is 0.310. The Labute approximate surface area is 135 Å². The van der Waals surface area contributed by atoms with Crippen molar-refractivity contribution in [2.45, 2.75) is 39.3 Å². The molecule has 0 aliphatic carbocycles. The van der Waals surface area contributed by atoms with Gasteiger partial charge in [0.25, 0.3) is 0 Å². The lowest BCUT2D eigenvalue weighted by atomic mass is 10.1. The topological polar surface area (TPSA) is 88.7 Å². The lowest BCUT2D eigenvalue weighted by Crippen LogP contribution is -2.51. The number of amides is 3. The summed E-state index contributed by atoms with van der Waals surface area (Å²) < 4.78 is 10.9. The number of carbonyl (C=O) groups is 2. The molecule has 1 atom stereocenters. The van der Waals surface area contributed by atoms with Crippen molar-refractivity contribution in [3.8, 4) is 11.5 Å². The molecular formula is C16H23N3O4. The van der Waals surface area contributed by atoms with Crippen LogP contribution in [0, 0.1) is 0 Å².